The van der Waals surface area contributed by atoms with Crippen LogP contribution in [0, 0.1) is 0 Å². The van der Waals surface area contributed by atoms with Crippen LogP contribution in [0.3, 0.4) is 0 Å². The van der Waals surface area contributed by atoms with E-state index < -0.39 is 29.5 Å². The Hall–Kier alpha value is -2.70. The van der Waals surface area contributed by atoms with E-state index in [2.05, 4.69) is 0 Å². The zero-order chi connectivity index (χ0) is 20.4. The number of hydrazine groups is 1. The second kappa shape index (κ2) is 8.12. The molecule has 1 fully saturated rings. The van der Waals surface area contributed by atoms with Gasteiger partial charge in [-0.2, -0.15) is 5.01 Å². The van der Waals surface area contributed by atoms with E-state index in [0.717, 1.165) is 10.0 Å². The lowest BCUT2D eigenvalue weighted by atomic mass is 10.0. The SMILES string of the molecule is C[C@@H](C(=O)c1ccc(Cl)cc1)N(C(=O)c1ccc(Cl)cc1)N1C(=O)CCC1=O. The van der Waals surface area contributed by atoms with E-state index in [1.165, 1.54) is 43.3 Å². The average Bonchev–Trinajstić information content (AvgIpc) is 3.01. The Balaban J connectivity index is 2.00. The Morgan fingerprint density at radius 1 is 0.857 bits per heavy atom. The van der Waals surface area contributed by atoms with Gasteiger partial charge in [-0.25, -0.2) is 5.01 Å². The molecule has 0 aliphatic carbocycles. The van der Waals surface area contributed by atoms with Crippen molar-refractivity contribution in [1.82, 2.24) is 10.0 Å². The molecule has 3 rings (SSSR count). The molecular formula is C20H16Cl2N2O4. The number of rotatable bonds is 5. The van der Waals surface area contributed by atoms with Crippen LogP contribution in [-0.4, -0.2) is 39.6 Å². The Labute approximate surface area is 171 Å². The van der Waals surface area contributed by atoms with Gasteiger partial charge < -0.3 is 0 Å². The highest BCUT2D eigenvalue weighted by Gasteiger charge is 2.41. The predicted molar refractivity (Wildman–Crippen MR) is 104 cm³/mol. The number of nitrogens with zero attached hydrogens (tertiary/aromatic N) is 2. The maximum absolute atomic E-state index is 13.1. The largest absolute Gasteiger partial charge is 0.292 e. The minimum atomic E-state index is -1.09. The number of Topliss-reactive ketones (excluding diaryl/α,β-unsaturated/α-hetero) is 1. The Bertz CT molecular complexity index is 926. The molecule has 0 saturated carbocycles. The molecule has 0 aromatic heterocycles. The van der Waals surface area contributed by atoms with Gasteiger partial charge in [-0.1, -0.05) is 23.2 Å². The second-order valence-electron chi connectivity index (χ2n) is 6.30. The van der Waals surface area contributed by atoms with Gasteiger partial charge in [0, 0.05) is 34.0 Å². The van der Waals surface area contributed by atoms with Crippen LogP contribution in [0.25, 0.3) is 0 Å². The molecule has 1 atom stereocenters. The lowest BCUT2D eigenvalue weighted by Crippen LogP contribution is -2.55. The molecule has 1 saturated heterocycles. The predicted octanol–water partition coefficient (Wildman–Crippen LogP) is 3.77. The van der Waals surface area contributed by atoms with Gasteiger partial charge in [0.05, 0.1) is 0 Å². The lowest BCUT2D eigenvalue weighted by Gasteiger charge is -2.34. The Morgan fingerprint density at radius 2 is 1.29 bits per heavy atom. The fraction of sp³-hybridized carbons (Fsp3) is 0.200. The first kappa shape index (κ1) is 20.0. The highest BCUT2D eigenvalue weighted by molar-refractivity contribution is 6.31. The van der Waals surface area contributed by atoms with Gasteiger partial charge in [-0.3, -0.25) is 19.2 Å². The molecule has 1 aliphatic heterocycles. The van der Waals surface area contributed by atoms with Crippen LogP contribution >= 0.6 is 23.2 Å². The summed E-state index contributed by atoms with van der Waals surface area (Å²) in [4.78, 5) is 50.7. The van der Waals surface area contributed by atoms with Crippen LogP contribution in [0.2, 0.25) is 10.0 Å². The summed E-state index contributed by atoms with van der Waals surface area (Å²) in [6, 6.07) is 11.1. The van der Waals surface area contributed by atoms with Gasteiger partial charge >= 0.3 is 0 Å². The number of benzene rings is 2. The molecule has 0 unspecified atom stereocenters. The number of amides is 3. The summed E-state index contributed by atoms with van der Waals surface area (Å²) in [5.74, 6) is -2.12. The van der Waals surface area contributed by atoms with E-state index in [-0.39, 0.29) is 18.4 Å². The van der Waals surface area contributed by atoms with Crippen molar-refractivity contribution in [3.05, 3.63) is 69.7 Å². The third kappa shape index (κ3) is 3.93. The average molecular weight is 419 g/mol. The van der Waals surface area contributed by atoms with Gasteiger partial charge in [0.2, 0.25) is 11.8 Å². The first-order valence-electron chi connectivity index (χ1n) is 8.54. The zero-order valence-corrected chi connectivity index (χ0v) is 16.4. The van der Waals surface area contributed by atoms with Gasteiger partial charge in [-0.15, -0.1) is 0 Å². The molecule has 0 bridgehead atoms. The summed E-state index contributed by atoms with van der Waals surface area (Å²) >= 11 is 11.7. The standard InChI is InChI=1S/C20H16Cl2N2O4/c1-12(19(27)13-2-6-15(21)7-3-13)23(24-17(25)10-11-18(24)26)20(28)14-4-8-16(22)9-5-14/h2-9,12H,10-11H2,1H3/t12-/m0/s1. The zero-order valence-electron chi connectivity index (χ0n) is 14.9. The number of carbonyl (C=O) groups is 4. The Morgan fingerprint density at radius 3 is 1.75 bits per heavy atom. The molecule has 1 aliphatic rings. The molecule has 0 radical (unpaired) electrons. The van der Waals surface area contributed by atoms with Crippen molar-refractivity contribution in [1.29, 1.82) is 0 Å². The molecule has 2 aromatic carbocycles. The fourth-order valence-electron chi connectivity index (χ4n) is 2.94. The number of hydrogen-bond donors (Lipinski definition) is 0. The normalized spacial score (nSPS) is 14.9. The van der Waals surface area contributed by atoms with Crippen molar-refractivity contribution in [3.8, 4) is 0 Å². The van der Waals surface area contributed by atoms with Crippen molar-refractivity contribution in [2.24, 2.45) is 0 Å². The summed E-state index contributed by atoms with van der Waals surface area (Å²) in [6.07, 6.45) is -0.0177. The fourth-order valence-corrected chi connectivity index (χ4v) is 3.19. The van der Waals surface area contributed by atoms with Crippen molar-refractivity contribution < 1.29 is 19.2 Å². The van der Waals surface area contributed by atoms with Crippen molar-refractivity contribution in [2.45, 2.75) is 25.8 Å². The molecule has 0 N–H and O–H groups in total. The van der Waals surface area contributed by atoms with E-state index in [1.54, 1.807) is 12.1 Å². The van der Waals surface area contributed by atoms with E-state index >= 15 is 0 Å². The number of hydrogen-bond acceptors (Lipinski definition) is 4. The smallest absolute Gasteiger partial charge is 0.273 e. The quantitative estimate of drug-likeness (QED) is 0.546. The third-order valence-electron chi connectivity index (χ3n) is 4.41. The molecule has 144 valence electrons. The minimum Gasteiger partial charge on any atom is -0.292 e. The molecule has 3 amide bonds. The highest BCUT2D eigenvalue weighted by Crippen LogP contribution is 2.23. The van der Waals surface area contributed by atoms with E-state index in [0.29, 0.717) is 15.6 Å². The third-order valence-corrected chi connectivity index (χ3v) is 4.92. The topological polar surface area (TPSA) is 74.8 Å². The Kier molecular flexibility index (Phi) is 5.82. The van der Waals surface area contributed by atoms with Gasteiger partial charge in [-0.05, 0) is 55.5 Å². The molecule has 6 nitrogen and oxygen atoms in total. The summed E-state index contributed by atoms with van der Waals surface area (Å²) < 4.78 is 0. The minimum absolute atomic E-state index is 0.00884. The summed E-state index contributed by atoms with van der Waals surface area (Å²) in [5.41, 5.74) is 0.512. The molecule has 28 heavy (non-hydrogen) atoms. The van der Waals surface area contributed by atoms with E-state index in [9.17, 15) is 19.2 Å². The van der Waals surface area contributed by atoms with Crippen molar-refractivity contribution >= 4 is 46.7 Å². The van der Waals surface area contributed by atoms with Crippen molar-refractivity contribution in [3.63, 3.8) is 0 Å². The summed E-state index contributed by atoms with van der Waals surface area (Å²) in [5, 5.41) is 2.60. The van der Waals surface area contributed by atoms with E-state index in [4.69, 9.17) is 23.2 Å². The second-order valence-corrected chi connectivity index (χ2v) is 7.18. The van der Waals surface area contributed by atoms with Crippen LogP contribution in [0.5, 0.6) is 0 Å². The molecule has 0 spiro atoms. The maximum Gasteiger partial charge on any atom is 0.273 e. The molecule has 8 heteroatoms. The van der Waals surface area contributed by atoms with Crippen LogP contribution in [-0.2, 0) is 9.59 Å². The number of halogens is 2. The number of carbonyl (C=O) groups excluding carboxylic acids is 4. The van der Waals surface area contributed by atoms with Crippen LogP contribution < -0.4 is 0 Å². The van der Waals surface area contributed by atoms with E-state index in [1.807, 2.05) is 0 Å². The number of ketones is 1. The van der Waals surface area contributed by atoms with Crippen LogP contribution in [0.4, 0.5) is 0 Å². The summed E-state index contributed by atoms with van der Waals surface area (Å²) in [7, 11) is 0. The maximum atomic E-state index is 13.1. The number of imide groups is 1. The highest BCUT2D eigenvalue weighted by atomic mass is 35.5. The molecule has 2 aromatic rings. The monoisotopic (exact) mass is 418 g/mol. The van der Waals surface area contributed by atoms with Crippen LogP contribution in [0.1, 0.15) is 40.5 Å². The first-order chi connectivity index (χ1) is 13.3. The lowest BCUT2D eigenvalue weighted by molar-refractivity contribution is -0.154. The van der Waals surface area contributed by atoms with Gasteiger partial charge in [0.1, 0.15) is 6.04 Å². The van der Waals surface area contributed by atoms with Gasteiger partial charge in [0.25, 0.3) is 5.91 Å². The van der Waals surface area contributed by atoms with Crippen molar-refractivity contribution in [2.75, 3.05) is 0 Å². The first-order valence-corrected chi connectivity index (χ1v) is 9.30. The van der Waals surface area contributed by atoms with Crippen LogP contribution in [0.15, 0.2) is 48.5 Å². The molecular weight excluding hydrogens is 403 g/mol. The summed E-state index contributed by atoms with van der Waals surface area (Å²) in [6.45, 7) is 1.48. The molecule has 1 heterocycles. The van der Waals surface area contributed by atoms with Gasteiger partial charge in [0.15, 0.2) is 5.78 Å².